The van der Waals surface area contributed by atoms with Crippen molar-refractivity contribution in [3.8, 4) is 11.5 Å². The number of rotatable bonds is 11. The number of hydrogen-bond donors (Lipinski definition) is 3. The fourth-order valence-corrected chi connectivity index (χ4v) is 2.66. The molecule has 0 saturated carbocycles. The standard InChI is InChI=1S/C25H32N2O5/c1-17(2)16-31-21-11-7-20(8-12-21)24(29)27-23(25(30)26-13-14-28)15-19-5-9-22(10-6-19)32-18(3)4/h5-12,15,17-18,28H,13-14,16H2,1-4H3,(H,26,30)(H,27,29). The highest BCUT2D eigenvalue weighted by atomic mass is 16.5. The van der Waals surface area contributed by atoms with Crippen molar-refractivity contribution in [2.75, 3.05) is 19.8 Å². The molecule has 3 N–H and O–H groups in total. The average molecular weight is 441 g/mol. The second-order valence-electron chi connectivity index (χ2n) is 7.96. The first kappa shape index (κ1) is 24.9. The van der Waals surface area contributed by atoms with Gasteiger partial charge in [0.1, 0.15) is 17.2 Å². The first-order valence-corrected chi connectivity index (χ1v) is 10.7. The minimum Gasteiger partial charge on any atom is -0.493 e. The minimum absolute atomic E-state index is 0.0534. The summed E-state index contributed by atoms with van der Waals surface area (Å²) in [5.41, 5.74) is 1.18. The van der Waals surface area contributed by atoms with Gasteiger partial charge in [0.2, 0.25) is 0 Å². The fraction of sp³-hybridized carbons (Fsp3) is 0.360. The van der Waals surface area contributed by atoms with E-state index in [2.05, 4.69) is 24.5 Å². The monoisotopic (exact) mass is 440 g/mol. The first-order chi connectivity index (χ1) is 15.3. The molecule has 2 aromatic carbocycles. The SMILES string of the molecule is CC(C)COc1ccc(C(=O)NC(=Cc2ccc(OC(C)C)cc2)C(=O)NCCO)cc1. The molecule has 0 aliphatic carbocycles. The lowest BCUT2D eigenvalue weighted by Gasteiger charge is -2.12. The van der Waals surface area contributed by atoms with Gasteiger partial charge in [0, 0.05) is 12.1 Å². The van der Waals surface area contributed by atoms with Crippen molar-refractivity contribution in [3.05, 3.63) is 65.4 Å². The zero-order chi connectivity index (χ0) is 23.5. The molecule has 0 fully saturated rings. The summed E-state index contributed by atoms with van der Waals surface area (Å²) in [6.07, 6.45) is 1.63. The van der Waals surface area contributed by atoms with E-state index in [9.17, 15) is 9.59 Å². The van der Waals surface area contributed by atoms with Gasteiger partial charge in [-0.1, -0.05) is 26.0 Å². The van der Waals surface area contributed by atoms with Crippen LogP contribution in [0.3, 0.4) is 0 Å². The summed E-state index contributed by atoms with van der Waals surface area (Å²) in [6.45, 7) is 8.46. The van der Waals surface area contributed by atoms with Gasteiger partial charge in [-0.3, -0.25) is 9.59 Å². The van der Waals surface area contributed by atoms with Crippen molar-refractivity contribution >= 4 is 17.9 Å². The van der Waals surface area contributed by atoms with E-state index in [4.69, 9.17) is 14.6 Å². The Morgan fingerprint density at radius 3 is 2.16 bits per heavy atom. The molecule has 0 aliphatic rings. The van der Waals surface area contributed by atoms with Crippen molar-refractivity contribution in [2.45, 2.75) is 33.8 Å². The number of hydrogen-bond acceptors (Lipinski definition) is 5. The predicted octanol–water partition coefficient (Wildman–Crippen LogP) is 3.39. The van der Waals surface area contributed by atoms with Crippen molar-refractivity contribution in [2.24, 2.45) is 5.92 Å². The zero-order valence-electron chi connectivity index (χ0n) is 19.1. The number of carbonyl (C=O) groups excluding carboxylic acids is 2. The van der Waals surface area contributed by atoms with Gasteiger partial charge in [-0.25, -0.2) is 0 Å². The molecule has 2 amide bonds. The van der Waals surface area contributed by atoms with Gasteiger partial charge in [0.25, 0.3) is 11.8 Å². The molecule has 0 atom stereocenters. The maximum atomic E-state index is 12.7. The molecular formula is C25H32N2O5. The maximum Gasteiger partial charge on any atom is 0.267 e. The summed E-state index contributed by atoms with van der Waals surface area (Å²) in [4.78, 5) is 25.3. The Labute approximate surface area is 189 Å². The molecule has 7 heteroatoms. The van der Waals surface area contributed by atoms with Crippen LogP contribution in [0, 0.1) is 5.92 Å². The number of ether oxygens (including phenoxy) is 2. The highest BCUT2D eigenvalue weighted by molar-refractivity contribution is 6.05. The third kappa shape index (κ3) is 8.43. The smallest absolute Gasteiger partial charge is 0.267 e. The lowest BCUT2D eigenvalue weighted by atomic mass is 10.1. The van der Waals surface area contributed by atoms with Crippen molar-refractivity contribution in [1.29, 1.82) is 0 Å². The number of carbonyl (C=O) groups is 2. The van der Waals surface area contributed by atoms with Crippen LogP contribution in [0.1, 0.15) is 43.6 Å². The van der Waals surface area contributed by atoms with Crippen LogP contribution in [0.15, 0.2) is 54.2 Å². The molecule has 7 nitrogen and oxygen atoms in total. The van der Waals surface area contributed by atoms with Crippen LogP contribution >= 0.6 is 0 Å². The topological polar surface area (TPSA) is 96.9 Å². The highest BCUT2D eigenvalue weighted by Gasteiger charge is 2.15. The molecule has 32 heavy (non-hydrogen) atoms. The Morgan fingerprint density at radius 1 is 0.969 bits per heavy atom. The van der Waals surface area contributed by atoms with Crippen LogP contribution in [0.25, 0.3) is 6.08 Å². The van der Waals surface area contributed by atoms with Crippen LogP contribution in [-0.4, -0.2) is 42.8 Å². The quantitative estimate of drug-likeness (QED) is 0.466. The van der Waals surface area contributed by atoms with E-state index >= 15 is 0 Å². The summed E-state index contributed by atoms with van der Waals surface area (Å²) in [5.74, 6) is 0.870. The van der Waals surface area contributed by atoms with Crippen LogP contribution in [-0.2, 0) is 4.79 Å². The van der Waals surface area contributed by atoms with Gasteiger partial charge in [-0.2, -0.15) is 0 Å². The molecule has 0 bridgehead atoms. The van der Waals surface area contributed by atoms with E-state index in [0.717, 1.165) is 0 Å². The van der Waals surface area contributed by atoms with E-state index in [1.807, 2.05) is 13.8 Å². The Kier molecular flexibility index (Phi) is 9.76. The number of amides is 2. The van der Waals surface area contributed by atoms with Crippen LogP contribution in [0.4, 0.5) is 0 Å². The number of nitrogens with one attached hydrogen (secondary N) is 2. The highest BCUT2D eigenvalue weighted by Crippen LogP contribution is 2.17. The van der Waals surface area contributed by atoms with Gasteiger partial charge in [0.15, 0.2) is 0 Å². The average Bonchev–Trinajstić information content (AvgIpc) is 2.76. The zero-order valence-corrected chi connectivity index (χ0v) is 19.1. The Morgan fingerprint density at radius 2 is 1.59 bits per heavy atom. The summed E-state index contributed by atoms with van der Waals surface area (Å²) in [6, 6.07) is 13.9. The van der Waals surface area contributed by atoms with E-state index in [-0.39, 0.29) is 25.0 Å². The van der Waals surface area contributed by atoms with Crippen LogP contribution in [0.2, 0.25) is 0 Å². The number of aliphatic hydroxyl groups is 1. The summed E-state index contributed by atoms with van der Waals surface area (Å²) in [7, 11) is 0. The second kappa shape index (κ2) is 12.5. The minimum atomic E-state index is -0.494. The van der Waals surface area contributed by atoms with Crippen LogP contribution < -0.4 is 20.1 Å². The third-order valence-electron chi connectivity index (χ3n) is 4.15. The summed E-state index contributed by atoms with van der Waals surface area (Å²) >= 11 is 0. The van der Waals surface area contributed by atoms with E-state index < -0.39 is 11.8 Å². The second-order valence-corrected chi connectivity index (χ2v) is 7.96. The molecule has 0 spiro atoms. The van der Waals surface area contributed by atoms with Crippen molar-refractivity contribution in [1.82, 2.24) is 10.6 Å². The molecule has 2 rings (SSSR count). The molecule has 0 aromatic heterocycles. The molecule has 0 unspecified atom stereocenters. The van der Waals surface area contributed by atoms with Gasteiger partial charge >= 0.3 is 0 Å². The van der Waals surface area contributed by atoms with Gasteiger partial charge in [-0.05, 0) is 67.8 Å². The van der Waals surface area contributed by atoms with Crippen molar-refractivity contribution < 1.29 is 24.2 Å². The molecule has 0 saturated heterocycles. The van der Waals surface area contributed by atoms with Gasteiger partial charge in [0.05, 0.1) is 19.3 Å². The first-order valence-electron chi connectivity index (χ1n) is 10.7. The summed E-state index contributed by atoms with van der Waals surface area (Å²) in [5, 5.41) is 14.2. The molecular weight excluding hydrogens is 408 g/mol. The lowest BCUT2D eigenvalue weighted by Crippen LogP contribution is -2.36. The normalized spacial score (nSPS) is 11.4. The number of aliphatic hydroxyl groups excluding tert-OH is 1. The van der Waals surface area contributed by atoms with E-state index in [1.54, 1.807) is 54.6 Å². The third-order valence-corrected chi connectivity index (χ3v) is 4.15. The molecule has 0 radical (unpaired) electrons. The van der Waals surface area contributed by atoms with Crippen molar-refractivity contribution in [3.63, 3.8) is 0 Å². The molecule has 2 aromatic rings. The largest absolute Gasteiger partial charge is 0.493 e. The van der Waals surface area contributed by atoms with Gasteiger partial charge < -0.3 is 25.2 Å². The van der Waals surface area contributed by atoms with E-state index in [0.29, 0.717) is 35.2 Å². The van der Waals surface area contributed by atoms with Crippen LogP contribution in [0.5, 0.6) is 11.5 Å². The molecule has 0 aliphatic heterocycles. The maximum absolute atomic E-state index is 12.7. The summed E-state index contributed by atoms with van der Waals surface area (Å²) < 4.78 is 11.3. The lowest BCUT2D eigenvalue weighted by molar-refractivity contribution is -0.117. The number of benzene rings is 2. The Balaban J connectivity index is 2.16. The van der Waals surface area contributed by atoms with Gasteiger partial charge in [-0.15, -0.1) is 0 Å². The predicted molar refractivity (Wildman–Crippen MR) is 125 cm³/mol. The molecule has 0 heterocycles. The molecule has 172 valence electrons. The Bertz CT molecular complexity index is 903. The Hall–Kier alpha value is -3.32. The van der Waals surface area contributed by atoms with E-state index in [1.165, 1.54) is 0 Å². The fourth-order valence-electron chi connectivity index (χ4n) is 2.66.